The van der Waals surface area contributed by atoms with Crippen LogP contribution in [0.3, 0.4) is 0 Å². The van der Waals surface area contributed by atoms with Gasteiger partial charge in [0.25, 0.3) is 0 Å². The monoisotopic (exact) mass is 929 g/mol. The minimum atomic E-state index is -0.0304. The van der Waals surface area contributed by atoms with Gasteiger partial charge in [-0.25, -0.2) is 0 Å². The van der Waals surface area contributed by atoms with E-state index in [0.29, 0.717) is 11.5 Å². The summed E-state index contributed by atoms with van der Waals surface area (Å²) in [6, 6.07) is 42.3. The molecule has 0 unspecified atom stereocenters. The van der Waals surface area contributed by atoms with Crippen LogP contribution in [0.15, 0.2) is 103 Å². The second-order valence-corrected chi connectivity index (χ2v) is 19.6. The van der Waals surface area contributed by atoms with Gasteiger partial charge in [-0.2, -0.15) is 0 Å². The third-order valence-electron chi connectivity index (χ3n) is 13.6. The van der Waals surface area contributed by atoms with Gasteiger partial charge in [-0.1, -0.05) is 41.5 Å². The van der Waals surface area contributed by atoms with Gasteiger partial charge in [-0.3, -0.25) is 0 Å². The van der Waals surface area contributed by atoms with Crippen molar-refractivity contribution in [3.63, 3.8) is 0 Å². The van der Waals surface area contributed by atoms with Crippen molar-refractivity contribution in [3.05, 3.63) is 147 Å². The molecule has 0 atom stereocenters. The van der Waals surface area contributed by atoms with Crippen LogP contribution in [0.1, 0.15) is 90.1 Å². The molecule has 0 saturated carbocycles. The first-order chi connectivity index (χ1) is 26.9. The molecule has 8 aromatic rings. The van der Waals surface area contributed by atoms with Gasteiger partial charge in [0, 0.05) is 6.20 Å². The maximum atomic E-state index is 6.69. The standard InChI is InChI=1S/C51H50N4O.Pt/c1-32-15-18-35(19-16-32)53-31-54(43-22-17-34(26-46(43)53)48(3,4)5)36-13-12-14-37(27-36)56-38-20-21-39-40-29-41-42(50(8,9)51(10,11)49(41,6)7)30-45(40)55(44(39)28-38)47-25-33(2)23-24-52-47;/h12-26,29-30H,1-11H3;/q-2;. The summed E-state index contributed by atoms with van der Waals surface area (Å²) in [7, 11) is 0. The average molecular weight is 930 g/mol. The molecule has 3 heterocycles. The van der Waals surface area contributed by atoms with Gasteiger partial charge in [-0.05, 0) is 45.9 Å². The summed E-state index contributed by atoms with van der Waals surface area (Å²) in [6.07, 6.45) is 1.89. The van der Waals surface area contributed by atoms with Crippen molar-refractivity contribution in [3.8, 4) is 28.7 Å². The Labute approximate surface area is 347 Å². The molecule has 9 rings (SSSR count). The number of benzene rings is 5. The Morgan fingerprint density at radius 3 is 2.04 bits per heavy atom. The Morgan fingerprint density at radius 2 is 1.33 bits per heavy atom. The number of aryl methyl sites for hydroxylation is 2. The van der Waals surface area contributed by atoms with Crippen LogP contribution in [0.5, 0.6) is 11.5 Å². The molecule has 3 aromatic heterocycles. The fourth-order valence-electron chi connectivity index (χ4n) is 8.94. The summed E-state index contributed by atoms with van der Waals surface area (Å²) >= 11 is 2.45. The van der Waals surface area contributed by atoms with Crippen LogP contribution >= 0.6 is 0 Å². The van der Waals surface area contributed by atoms with Gasteiger partial charge in [0.15, 0.2) is 0 Å². The first-order valence-electron chi connectivity index (χ1n) is 19.9. The number of fused-ring (bicyclic) bond motifs is 5. The van der Waals surface area contributed by atoms with Crippen molar-refractivity contribution in [2.75, 3.05) is 0 Å². The van der Waals surface area contributed by atoms with Gasteiger partial charge >= 0.3 is 255 Å². The van der Waals surface area contributed by atoms with Crippen LogP contribution in [0.25, 0.3) is 50.0 Å². The number of rotatable bonds is 5. The summed E-state index contributed by atoms with van der Waals surface area (Å²) in [5.41, 5.74) is 12.9. The Hall–Kier alpha value is -4.99. The van der Waals surface area contributed by atoms with Crippen molar-refractivity contribution in [1.29, 1.82) is 0 Å². The molecule has 0 amide bonds. The van der Waals surface area contributed by atoms with Crippen molar-refractivity contribution in [2.45, 2.75) is 92.4 Å². The molecule has 0 saturated heterocycles. The average Bonchev–Trinajstić information content (AvgIpc) is 3.67. The van der Waals surface area contributed by atoms with Crippen molar-refractivity contribution < 1.29 is 24.1 Å². The summed E-state index contributed by atoms with van der Waals surface area (Å²) in [6.45, 7) is 25.5. The summed E-state index contributed by atoms with van der Waals surface area (Å²) in [5, 5.41) is 2.33. The molecule has 0 fully saturated rings. The van der Waals surface area contributed by atoms with Gasteiger partial charge < -0.3 is 0 Å². The Kier molecular flexibility index (Phi) is 8.41. The molecule has 1 aliphatic carbocycles. The number of pyridine rings is 1. The molecule has 5 aromatic carbocycles. The molecule has 292 valence electrons. The Morgan fingerprint density at radius 1 is 0.632 bits per heavy atom. The topological polar surface area (TPSA) is 36.9 Å². The number of aromatic nitrogens is 4. The number of nitrogens with zero attached hydrogens (tertiary/aromatic N) is 4. The Balaban J connectivity index is 1.19. The molecule has 0 radical (unpaired) electrons. The SMILES string of the molecule is Cc1ccc(-n2[c](=[Pt])n(-c3[c-]c(Oc4[c-]c5c(cc4)c4cc6c(cc4n5-c4cc(C)ccn4)C(C)(C)C(C)(C)C6(C)C)ccc3)c3ccc(C(C)(C)C)cc32)cc1. The molecule has 6 heteroatoms. The molecular weight excluding hydrogens is 880 g/mol. The quantitative estimate of drug-likeness (QED) is 0.161. The molecule has 1 aliphatic rings. The normalized spacial score (nSPS) is 15.8. The van der Waals surface area contributed by atoms with E-state index in [0.717, 1.165) is 54.0 Å². The fraction of sp³-hybridized carbons (Fsp3) is 0.294. The van der Waals surface area contributed by atoms with E-state index in [-0.39, 0.29) is 21.7 Å². The van der Waals surface area contributed by atoms with E-state index in [1.165, 1.54) is 27.6 Å². The number of hydrogen-bond donors (Lipinski definition) is 0. The van der Waals surface area contributed by atoms with Crippen molar-refractivity contribution in [1.82, 2.24) is 18.7 Å². The fourth-order valence-corrected chi connectivity index (χ4v) is 10.0. The van der Waals surface area contributed by atoms with Crippen LogP contribution in [-0.2, 0) is 35.6 Å². The zero-order chi connectivity index (χ0) is 40.4. The van der Waals surface area contributed by atoms with Gasteiger partial charge in [0.1, 0.15) is 0 Å². The van der Waals surface area contributed by atoms with Crippen LogP contribution in [0, 0.1) is 35.2 Å². The van der Waals surface area contributed by atoms with E-state index in [2.05, 4.69) is 194 Å². The zero-order valence-electron chi connectivity index (χ0n) is 34.8. The van der Waals surface area contributed by atoms with Crippen LogP contribution in [-0.4, -0.2) is 18.7 Å². The minimum absolute atomic E-state index is 0.00970. The van der Waals surface area contributed by atoms with E-state index in [9.17, 15) is 0 Å². The first-order valence-corrected chi connectivity index (χ1v) is 21.0. The van der Waals surface area contributed by atoms with Crippen molar-refractivity contribution >= 4 is 32.8 Å². The van der Waals surface area contributed by atoms with Crippen LogP contribution < -0.4 is 4.74 Å². The molecule has 5 nitrogen and oxygen atoms in total. The number of imidazole rings is 1. The predicted octanol–water partition coefficient (Wildman–Crippen LogP) is 12.9. The third kappa shape index (κ3) is 5.67. The van der Waals surface area contributed by atoms with Crippen molar-refractivity contribution in [2.24, 2.45) is 5.41 Å². The molecule has 0 aliphatic heterocycles. The van der Waals surface area contributed by atoms with E-state index in [1.807, 2.05) is 30.5 Å². The molecule has 0 N–H and O–H groups in total. The van der Waals surface area contributed by atoms with E-state index in [4.69, 9.17) is 9.72 Å². The molecule has 0 bridgehead atoms. The summed E-state index contributed by atoms with van der Waals surface area (Å²) < 4.78 is 14.6. The van der Waals surface area contributed by atoms with Crippen LogP contribution in [0.2, 0.25) is 0 Å². The zero-order valence-corrected chi connectivity index (χ0v) is 37.1. The van der Waals surface area contributed by atoms with E-state index in [1.54, 1.807) is 0 Å². The van der Waals surface area contributed by atoms with E-state index < -0.39 is 0 Å². The second-order valence-electron chi connectivity index (χ2n) is 18.6. The molecule has 57 heavy (non-hydrogen) atoms. The first kappa shape index (κ1) is 37.6. The van der Waals surface area contributed by atoms with Gasteiger partial charge in [0.2, 0.25) is 0 Å². The molecule has 0 spiro atoms. The van der Waals surface area contributed by atoms with Crippen LogP contribution in [0.4, 0.5) is 0 Å². The summed E-state index contributed by atoms with van der Waals surface area (Å²) in [4.78, 5) is 4.90. The molecular formula is C51H50N4OPt-2. The third-order valence-corrected chi connectivity index (χ3v) is 14.6. The second kappa shape index (κ2) is 12.8. The van der Waals surface area contributed by atoms with E-state index >= 15 is 0 Å². The summed E-state index contributed by atoms with van der Waals surface area (Å²) in [5.74, 6) is 2.12. The van der Waals surface area contributed by atoms with Gasteiger partial charge in [-0.15, -0.1) is 0 Å². The van der Waals surface area contributed by atoms with Gasteiger partial charge in [0.05, 0.1) is 0 Å². The number of ether oxygens (including phenoxy) is 1. The predicted molar refractivity (Wildman–Crippen MR) is 230 cm³/mol. The maximum absolute atomic E-state index is 6.69. The number of hydrogen-bond acceptors (Lipinski definition) is 2. The Bertz CT molecular complexity index is 2980.